The Kier molecular flexibility index (Phi) is 11.9. The summed E-state index contributed by atoms with van der Waals surface area (Å²) >= 11 is 0. The van der Waals surface area contributed by atoms with Crippen molar-refractivity contribution in [3.8, 4) is 5.75 Å². The van der Waals surface area contributed by atoms with Gasteiger partial charge in [-0.05, 0) is 38.8 Å². The first-order chi connectivity index (χ1) is 10.6. The van der Waals surface area contributed by atoms with Crippen LogP contribution in [0.25, 0.3) is 0 Å². The van der Waals surface area contributed by atoms with Gasteiger partial charge in [-0.15, -0.1) is 24.0 Å². The van der Waals surface area contributed by atoms with Crippen molar-refractivity contribution in [1.29, 1.82) is 0 Å². The van der Waals surface area contributed by atoms with Crippen molar-refractivity contribution >= 4 is 29.9 Å². The molecule has 0 saturated heterocycles. The van der Waals surface area contributed by atoms with E-state index in [-0.39, 0.29) is 30.0 Å². The van der Waals surface area contributed by atoms with Gasteiger partial charge in [0.25, 0.3) is 0 Å². The fraction of sp³-hybridized carbons (Fsp3) is 0.588. The Bertz CT molecular complexity index is 461. The molecular formula is C17H30IN3O2. The monoisotopic (exact) mass is 435 g/mol. The van der Waals surface area contributed by atoms with Crippen molar-refractivity contribution in [3.63, 3.8) is 0 Å². The van der Waals surface area contributed by atoms with Crippen molar-refractivity contribution in [1.82, 2.24) is 10.6 Å². The van der Waals surface area contributed by atoms with Crippen LogP contribution in [0.1, 0.15) is 25.0 Å². The average Bonchev–Trinajstić information content (AvgIpc) is 2.46. The third-order valence-corrected chi connectivity index (χ3v) is 3.16. The smallest absolute Gasteiger partial charge is 0.191 e. The third-order valence-electron chi connectivity index (χ3n) is 3.16. The molecule has 5 nitrogen and oxygen atoms in total. The summed E-state index contributed by atoms with van der Waals surface area (Å²) < 4.78 is 11.0. The molecule has 0 aliphatic heterocycles. The number of halogens is 1. The van der Waals surface area contributed by atoms with Crippen LogP contribution in [-0.2, 0) is 4.74 Å². The summed E-state index contributed by atoms with van der Waals surface area (Å²) in [5, 5.41) is 6.52. The van der Waals surface area contributed by atoms with Crippen LogP contribution in [0, 0.1) is 13.8 Å². The number of hydrogen-bond acceptors (Lipinski definition) is 3. The Morgan fingerprint density at radius 2 is 1.91 bits per heavy atom. The van der Waals surface area contributed by atoms with Gasteiger partial charge in [-0.2, -0.15) is 0 Å². The Morgan fingerprint density at radius 1 is 1.26 bits per heavy atom. The van der Waals surface area contributed by atoms with E-state index in [1.807, 2.05) is 13.0 Å². The van der Waals surface area contributed by atoms with Crippen molar-refractivity contribution in [2.45, 2.75) is 33.7 Å². The summed E-state index contributed by atoms with van der Waals surface area (Å²) in [6.07, 6.45) is 0. The van der Waals surface area contributed by atoms with Gasteiger partial charge in [0.2, 0.25) is 0 Å². The normalized spacial score (nSPS) is 12.3. The Hall–Kier alpha value is -1.02. The predicted octanol–water partition coefficient (Wildman–Crippen LogP) is 2.89. The maximum Gasteiger partial charge on any atom is 0.191 e. The number of nitrogens with zero attached hydrogens (tertiary/aromatic N) is 1. The molecule has 0 aliphatic rings. The maximum atomic E-state index is 5.86. The molecule has 0 amide bonds. The van der Waals surface area contributed by atoms with Crippen molar-refractivity contribution in [2.75, 3.05) is 33.4 Å². The maximum absolute atomic E-state index is 5.86. The highest BCUT2D eigenvalue weighted by atomic mass is 127. The van der Waals surface area contributed by atoms with E-state index < -0.39 is 0 Å². The van der Waals surface area contributed by atoms with Crippen LogP contribution in [0.15, 0.2) is 23.2 Å². The molecule has 0 bridgehead atoms. The lowest BCUT2D eigenvalue weighted by molar-refractivity contribution is 0.179. The Labute approximate surface area is 157 Å². The number of benzene rings is 1. The number of rotatable bonds is 8. The summed E-state index contributed by atoms with van der Waals surface area (Å²) in [7, 11) is 1.70. The van der Waals surface area contributed by atoms with Crippen LogP contribution >= 0.6 is 24.0 Å². The van der Waals surface area contributed by atoms with Crippen LogP contribution in [-0.4, -0.2) is 45.4 Å². The molecule has 1 atom stereocenters. The lowest BCUT2D eigenvalue weighted by Crippen LogP contribution is -2.44. The van der Waals surface area contributed by atoms with Gasteiger partial charge in [-0.1, -0.05) is 18.2 Å². The highest BCUT2D eigenvalue weighted by Gasteiger charge is 2.05. The number of aliphatic imine (C=N–C) groups is 1. The zero-order chi connectivity index (χ0) is 16.4. The van der Waals surface area contributed by atoms with Crippen LogP contribution in [0.4, 0.5) is 0 Å². The number of nitrogens with one attached hydrogen (secondary N) is 2. The highest BCUT2D eigenvalue weighted by molar-refractivity contribution is 14.0. The molecule has 23 heavy (non-hydrogen) atoms. The van der Waals surface area contributed by atoms with Gasteiger partial charge in [0, 0.05) is 19.7 Å². The van der Waals surface area contributed by atoms with Gasteiger partial charge in [-0.3, -0.25) is 0 Å². The summed E-state index contributed by atoms with van der Waals surface area (Å²) in [4.78, 5) is 4.52. The van der Waals surface area contributed by atoms with Crippen LogP contribution in [0.2, 0.25) is 0 Å². The first kappa shape index (κ1) is 22.0. The topological polar surface area (TPSA) is 54.9 Å². The SMILES string of the molecule is CCNC(=NCCOc1c(C)cccc1C)NC(C)COC.I. The number of guanidine groups is 1. The molecule has 132 valence electrons. The first-order valence-electron chi connectivity index (χ1n) is 7.81. The molecule has 1 aromatic carbocycles. The molecule has 1 aromatic rings. The van der Waals surface area contributed by atoms with E-state index in [1.165, 1.54) is 0 Å². The van der Waals surface area contributed by atoms with E-state index in [0.717, 1.165) is 29.4 Å². The van der Waals surface area contributed by atoms with Gasteiger partial charge in [-0.25, -0.2) is 4.99 Å². The number of hydrogen-bond donors (Lipinski definition) is 2. The molecule has 0 aliphatic carbocycles. The van der Waals surface area contributed by atoms with E-state index in [4.69, 9.17) is 9.47 Å². The van der Waals surface area contributed by atoms with Crippen LogP contribution < -0.4 is 15.4 Å². The summed E-state index contributed by atoms with van der Waals surface area (Å²) in [5.41, 5.74) is 2.31. The lowest BCUT2D eigenvalue weighted by atomic mass is 10.1. The lowest BCUT2D eigenvalue weighted by Gasteiger charge is -2.17. The second kappa shape index (κ2) is 12.4. The molecule has 1 unspecified atom stereocenters. The molecule has 6 heteroatoms. The van der Waals surface area contributed by atoms with E-state index in [1.54, 1.807) is 7.11 Å². The van der Waals surface area contributed by atoms with Crippen molar-refractivity contribution in [2.24, 2.45) is 4.99 Å². The molecule has 2 N–H and O–H groups in total. The van der Waals surface area contributed by atoms with Crippen LogP contribution in [0.3, 0.4) is 0 Å². The molecule has 0 radical (unpaired) electrons. The third kappa shape index (κ3) is 8.41. The van der Waals surface area contributed by atoms with Gasteiger partial charge < -0.3 is 20.1 Å². The summed E-state index contributed by atoms with van der Waals surface area (Å²) in [6, 6.07) is 6.37. The highest BCUT2D eigenvalue weighted by Crippen LogP contribution is 2.21. The molecule has 0 saturated carbocycles. The van der Waals surface area contributed by atoms with Crippen LogP contribution in [0.5, 0.6) is 5.75 Å². The molecule has 0 fully saturated rings. The molecular weight excluding hydrogens is 405 g/mol. The molecule has 0 heterocycles. The van der Waals surface area contributed by atoms with E-state index in [2.05, 4.69) is 48.5 Å². The van der Waals surface area contributed by atoms with Gasteiger partial charge in [0.1, 0.15) is 12.4 Å². The van der Waals surface area contributed by atoms with Gasteiger partial charge in [0.15, 0.2) is 5.96 Å². The zero-order valence-electron chi connectivity index (χ0n) is 14.8. The fourth-order valence-electron chi connectivity index (χ4n) is 2.18. The fourth-order valence-corrected chi connectivity index (χ4v) is 2.18. The quantitative estimate of drug-likeness (QED) is 0.286. The second-order valence-corrected chi connectivity index (χ2v) is 5.33. The summed E-state index contributed by atoms with van der Waals surface area (Å²) in [6.45, 7) is 10.8. The minimum Gasteiger partial charge on any atom is -0.491 e. The number of methoxy groups -OCH3 is 1. The van der Waals surface area contributed by atoms with E-state index in [0.29, 0.717) is 19.8 Å². The minimum atomic E-state index is 0. The van der Waals surface area contributed by atoms with Crippen molar-refractivity contribution in [3.05, 3.63) is 29.3 Å². The second-order valence-electron chi connectivity index (χ2n) is 5.33. The minimum absolute atomic E-state index is 0. The average molecular weight is 435 g/mol. The Morgan fingerprint density at radius 3 is 2.48 bits per heavy atom. The zero-order valence-corrected chi connectivity index (χ0v) is 17.1. The first-order valence-corrected chi connectivity index (χ1v) is 7.81. The largest absolute Gasteiger partial charge is 0.491 e. The summed E-state index contributed by atoms with van der Waals surface area (Å²) in [5.74, 6) is 1.75. The molecule has 1 rings (SSSR count). The number of aryl methyl sites for hydroxylation is 2. The van der Waals surface area contributed by atoms with Gasteiger partial charge in [0.05, 0.1) is 13.2 Å². The standard InChI is InChI=1S/C17H29N3O2.HI/c1-6-18-17(20-15(4)12-21-5)19-10-11-22-16-13(2)8-7-9-14(16)3;/h7-9,15H,6,10-12H2,1-5H3,(H2,18,19,20);1H. The predicted molar refractivity (Wildman–Crippen MR) is 107 cm³/mol. The van der Waals surface area contributed by atoms with E-state index >= 15 is 0 Å². The number of para-hydroxylation sites is 1. The molecule has 0 spiro atoms. The Balaban J connectivity index is 0.00000484. The van der Waals surface area contributed by atoms with E-state index in [9.17, 15) is 0 Å². The molecule has 0 aromatic heterocycles. The number of ether oxygens (including phenoxy) is 2. The van der Waals surface area contributed by atoms with Gasteiger partial charge >= 0.3 is 0 Å². The van der Waals surface area contributed by atoms with Crippen molar-refractivity contribution < 1.29 is 9.47 Å².